The molecule has 3 nitrogen and oxygen atoms in total. The van der Waals surface area contributed by atoms with Crippen LogP contribution in [0.5, 0.6) is 5.75 Å². The van der Waals surface area contributed by atoms with Crippen molar-refractivity contribution in [1.29, 1.82) is 0 Å². The van der Waals surface area contributed by atoms with Gasteiger partial charge in [-0.15, -0.1) is 0 Å². The van der Waals surface area contributed by atoms with Gasteiger partial charge in [0.05, 0.1) is 18.2 Å². The first-order valence-corrected chi connectivity index (χ1v) is 4.59. The minimum Gasteiger partial charge on any atom is -0.487 e. The Morgan fingerprint density at radius 3 is 3.00 bits per heavy atom. The van der Waals surface area contributed by atoms with Crippen molar-refractivity contribution in [3.63, 3.8) is 0 Å². The van der Waals surface area contributed by atoms with Gasteiger partial charge in [-0.2, -0.15) is 0 Å². The summed E-state index contributed by atoms with van der Waals surface area (Å²) >= 11 is 0. The highest BCUT2D eigenvalue weighted by Gasteiger charge is 2.00. The quantitative estimate of drug-likeness (QED) is 0.769. The smallest absolute Gasteiger partial charge is 0.130 e. The second kappa shape index (κ2) is 4.13. The predicted octanol–water partition coefficient (Wildman–Crippen LogP) is 2.14. The topological polar surface area (TPSA) is 27.1 Å². The van der Waals surface area contributed by atoms with Gasteiger partial charge in [0.15, 0.2) is 0 Å². The van der Waals surface area contributed by atoms with Crippen LogP contribution in [-0.2, 0) is 13.7 Å². The van der Waals surface area contributed by atoms with Crippen molar-refractivity contribution >= 4 is 0 Å². The number of aryl methyl sites for hydroxylation is 1. The Kier molecular flexibility index (Phi) is 2.67. The third-order valence-corrected chi connectivity index (χ3v) is 2.10. The second-order valence-corrected chi connectivity index (χ2v) is 3.24. The summed E-state index contributed by atoms with van der Waals surface area (Å²) in [6.07, 6.45) is 3.42. The predicted molar refractivity (Wildman–Crippen MR) is 53.9 cm³/mol. The first-order chi connectivity index (χ1) is 7.25. The van der Waals surface area contributed by atoms with Crippen molar-refractivity contribution in [2.45, 2.75) is 6.61 Å². The number of halogens is 1. The summed E-state index contributed by atoms with van der Waals surface area (Å²) in [5, 5.41) is 0. The van der Waals surface area contributed by atoms with Gasteiger partial charge in [0.25, 0.3) is 0 Å². The standard InChI is InChI=1S/C11H11FN2O/c1-14-8-13-6-10(14)7-15-11-4-2-3-9(12)5-11/h2-6,8H,7H2,1H3. The zero-order valence-corrected chi connectivity index (χ0v) is 8.35. The minimum atomic E-state index is -0.294. The van der Waals surface area contributed by atoms with Crippen molar-refractivity contribution in [3.8, 4) is 5.75 Å². The van der Waals surface area contributed by atoms with Crippen molar-refractivity contribution < 1.29 is 9.13 Å². The highest BCUT2D eigenvalue weighted by atomic mass is 19.1. The van der Waals surface area contributed by atoms with Crippen molar-refractivity contribution in [1.82, 2.24) is 9.55 Å². The third kappa shape index (κ3) is 2.34. The van der Waals surface area contributed by atoms with Crippen LogP contribution in [0.3, 0.4) is 0 Å². The Morgan fingerprint density at radius 2 is 2.33 bits per heavy atom. The largest absolute Gasteiger partial charge is 0.487 e. The molecule has 0 aliphatic carbocycles. The van der Waals surface area contributed by atoms with Gasteiger partial charge >= 0.3 is 0 Å². The molecule has 0 aliphatic rings. The molecule has 2 rings (SSSR count). The van der Waals surface area contributed by atoms with E-state index < -0.39 is 0 Å². The van der Waals surface area contributed by atoms with Crippen LogP contribution in [0, 0.1) is 5.82 Å². The highest BCUT2D eigenvalue weighted by molar-refractivity contribution is 5.22. The molecule has 2 aromatic rings. The molecule has 15 heavy (non-hydrogen) atoms. The van der Waals surface area contributed by atoms with Crippen LogP contribution in [0.4, 0.5) is 4.39 Å². The highest BCUT2D eigenvalue weighted by Crippen LogP contribution is 2.13. The number of hydrogen-bond acceptors (Lipinski definition) is 2. The molecule has 0 N–H and O–H groups in total. The summed E-state index contributed by atoms with van der Waals surface area (Å²) in [7, 11) is 1.89. The average molecular weight is 206 g/mol. The van der Waals surface area contributed by atoms with Crippen LogP contribution < -0.4 is 4.74 Å². The van der Waals surface area contributed by atoms with Crippen LogP contribution >= 0.6 is 0 Å². The molecule has 0 unspecified atom stereocenters. The lowest BCUT2D eigenvalue weighted by molar-refractivity contribution is 0.295. The molecule has 1 aromatic carbocycles. The SMILES string of the molecule is Cn1cncc1COc1cccc(F)c1. The molecule has 0 amide bonds. The summed E-state index contributed by atoms with van der Waals surface area (Å²) in [6.45, 7) is 0.389. The van der Waals surface area contributed by atoms with E-state index in [9.17, 15) is 4.39 Å². The number of aromatic nitrogens is 2. The summed E-state index contributed by atoms with van der Waals surface area (Å²) in [4.78, 5) is 3.96. The maximum absolute atomic E-state index is 12.8. The number of rotatable bonds is 3. The maximum Gasteiger partial charge on any atom is 0.130 e. The van der Waals surface area contributed by atoms with Crippen molar-refractivity contribution in [3.05, 3.63) is 48.3 Å². The molecule has 0 aliphatic heterocycles. The molecule has 0 bridgehead atoms. The third-order valence-electron chi connectivity index (χ3n) is 2.10. The van der Waals surface area contributed by atoms with Gasteiger partial charge < -0.3 is 9.30 Å². The Morgan fingerprint density at radius 1 is 1.47 bits per heavy atom. The fourth-order valence-electron chi connectivity index (χ4n) is 1.24. The fraction of sp³-hybridized carbons (Fsp3) is 0.182. The van der Waals surface area contributed by atoms with Gasteiger partial charge in [0, 0.05) is 13.1 Å². The molecule has 1 aromatic heterocycles. The molecule has 4 heteroatoms. The molecule has 0 atom stereocenters. The van der Waals surface area contributed by atoms with Crippen LogP contribution in [-0.4, -0.2) is 9.55 Å². The molecular weight excluding hydrogens is 195 g/mol. The molecular formula is C11H11FN2O. The van der Waals surface area contributed by atoms with Crippen LogP contribution in [0.25, 0.3) is 0 Å². The van der Waals surface area contributed by atoms with Crippen molar-refractivity contribution in [2.75, 3.05) is 0 Å². The van der Waals surface area contributed by atoms with E-state index in [4.69, 9.17) is 4.74 Å². The molecule has 0 spiro atoms. The Hall–Kier alpha value is -1.84. The Balaban J connectivity index is 2.02. The molecule has 0 radical (unpaired) electrons. The van der Waals surface area contributed by atoms with E-state index in [0.717, 1.165) is 5.69 Å². The Labute approximate surface area is 87.1 Å². The van der Waals surface area contributed by atoms with E-state index in [0.29, 0.717) is 12.4 Å². The van der Waals surface area contributed by atoms with E-state index in [2.05, 4.69) is 4.98 Å². The molecule has 78 valence electrons. The van der Waals surface area contributed by atoms with Gasteiger partial charge in [-0.05, 0) is 12.1 Å². The second-order valence-electron chi connectivity index (χ2n) is 3.24. The maximum atomic E-state index is 12.8. The van der Waals surface area contributed by atoms with Gasteiger partial charge in [-0.25, -0.2) is 9.37 Å². The van der Waals surface area contributed by atoms with Crippen LogP contribution in [0.15, 0.2) is 36.8 Å². The first-order valence-electron chi connectivity index (χ1n) is 4.59. The summed E-state index contributed by atoms with van der Waals surface area (Å²) < 4.78 is 20.1. The monoisotopic (exact) mass is 206 g/mol. The molecule has 0 saturated heterocycles. The summed E-state index contributed by atoms with van der Waals surface area (Å²) in [5.41, 5.74) is 0.944. The lowest BCUT2D eigenvalue weighted by atomic mass is 10.3. The van der Waals surface area contributed by atoms with Crippen LogP contribution in [0.2, 0.25) is 0 Å². The fourth-order valence-corrected chi connectivity index (χ4v) is 1.24. The van der Waals surface area contributed by atoms with Gasteiger partial charge in [0.1, 0.15) is 18.2 Å². The van der Waals surface area contributed by atoms with E-state index in [1.807, 2.05) is 11.6 Å². The number of hydrogen-bond donors (Lipinski definition) is 0. The minimum absolute atomic E-state index is 0.294. The lowest BCUT2D eigenvalue weighted by Gasteiger charge is -2.06. The van der Waals surface area contributed by atoms with E-state index in [1.165, 1.54) is 12.1 Å². The first kappa shape index (κ1) is 9.71. The number of ether oxygens (including phenoxy) is 1. The molecule has 0 saturated carbocycles. The normalized spacial score (nSPS) is 10.3. The van der Waals surface area contributed by atoms with Gasteiger partial charge in [0.2, 0.25) is 0 Å². The van der Waals surface area contributed by atoms with Crippen LogP contribution in [0.1, 0.15) is 5.69 Å². The summed E-state index contributed by atoms with van der Waals surface area (Å²) in [5.74, 6) is 0.230. The lowest BCUT2D eigenvalue weighted by Crippen LogP contribution is -2.01. The van der Waals surface area contributed by atoms with Gasteiger partial charge in [-0.1, -0.05) is 6.07 Å². The number of imidazole rings is 1. The average Bonchev–Trinajstić information content (AvgIpc) is 2.61. The molecule has 0 fully saturated rings. The zero-order chi connectivity index (χ0) is 10.7. The molecule has 1 heterocycles. The zero-order valence-electron chi connectivity index (χ0n) is 8.35. The summed E-state index contributed by atoms with van der Waals surface area (Å²) in [6, 6.07) is 6.08. The number of nitrogens with zero attached hydrogens (tertiary/aromatic N) is 2. The van der Waals surface area contributed by atoms with E-state index in [-0.39, 0.29) is 5.82 Å². The van der Waals surface area contributed by atoms with Crippen molar-refractivity contribution in [2.24, 2.45) is 7.05 Å². The van der Waals surface area contributed by atoms with E-state index in [1.54, 1.807) is 24.7 Å². The van der Waals surface area contributed by atoms with E-state index >= 15 is 0 Å². The Bertz CT molecular complexity index is 453. The number of benzene rings is 1. The van der Waals surface area contributed by atoms with Gasteiger partial charge in [-0.3, -0.25) is 0 Å².